The van der Waals surface area contributed by atoms with Gasteiger partial charge in [-0.2, -0.15) is 0 Å². The van der Waals surface area contributed by atoms with Gasteiger partial charge in [-0.25, -0.2) is 0 Å². The minimum absolute atomic E-state index is 0.116. The molecule has 4 bridgehead atoms. The summed E-state index contributed by atoms with van der Waals surface area (Å²) in [7, 11) is 0. The fraction of sp³-hybridized carbons (Fsp3) is 0.148. The Morgan fingerprint density at radius 2 is 1.08 bits per heavy atom. The molecule has 4 saturated carbocycles. The Labute approximate surface area is 368 Å². The quantitative estimate of drug-likeness (QED) is 0.162. The molecule has 15 rings (SSSR count). The topological polar surface area (TPSA) is 8.17 Å². The fourth-order valence-electron chi connectivity index (χ4n) is 13.6. The van der Waals surface area contributed by atoms with Crippen LogP contribution in [0.2, 0.25) is 0 Å². The van der Waals surface area contributed by atoms with Crippen LogP contribution in [-0.2, 0) is 5.41 Å². The third-order valence-electron chi connectivity index (χ3n) is 15.9. The molecule has 5 aliphatic rings. The van der Waals surface area contributed by atoms with Gasteiger partial charge in [0.1, 0.15) is 0 Å². The first kappa shape index (κ1) is 35.4. The third kappa shape index (κ3) is 5.13. The van der Waals surface area contributed by atoms with Crippen LogP contribution in [0.15, 0.2) is 206 Å². The smallest absolute Gasteiger partial charge is 0.0541 e. The van der Waals surface area contributed by atoms with Crippen molar-refractivity contribution >= 4 is 49.6 Å². The number of hydrogen-bond acceptors (Lipinski definition) is 1. The monoisotopic (exact) mass is 806 g/mol. The molecule has 4 fully saturated rings. The van der Waals surface area contributed by atoms with E-state index >= 15 is 0 Å². The summed E-state index contributed by atoms with van der Waals surface area (Å²) in [5.41, 5.74) is 18.2. The average Bonchev–Trinajstić information content (AvgIpc) is 4.01. The number of hydrogen-bond donors (Lipinski definition) is 0. The number of para-hydroxylation sites is 2. The first-order chi connectivity index (χ1) is 31.2. The van der Waals surface area contributed by atoms with Gasteiger partial charge in [0.25, 0.3) is 0 Å². The van der Waals surface area contributed by atoms with Crippen molar-refractivity contribution in [2.75, 3.05) is 4.90 Å². The molecule has 0 amide bonds. The van der Waals surface area contributed by atoms with Crippen LogP contribution >= 0.6 is 0 Å². The van der Waals surface area contributed by atoms with E-state index in [4.69, 9.17) is 0 Å². The van der Waals surface area contributed by atoms with Crippen LogP contribution in [0.3, 0.4) is 0 Å². The van der Waals surface area contributed by atoms with Crippen LogP contribution < -0.4 is 4.90 Å². The van der Waals surface area contributed by atoms with E-state index in [1.54, 1.807) is 11.1 Å². The summed E-state index contributed by atoms with van der Waals surface area (Å²) in [5.74, 6) is 3.22. The van der Waals surface area contributed by atoms with Gasteiger partial charge in [0, 0.05) is 38.9 Å². The zero-order valence-corrected chi connectivity index (χ0v) is 35.2. The molecular weight excluding hydrogens is 761 g/mol. The molecule has 2 heteroatoms. The molecule has 0 saturated heterocycles. The van der Waals surface area contributed by atoms with Crippen molar-refractivity contribution in [2.45, 2.75) is 31.1 Å². The number of aromatic nitrogens is 1. The lowest BCUT2D eigenvalue weighted by Gasteiger charge is -2.44. The molecule has 9 aromatic carbocycles. The molecule has 63 heavy (non-hydrogen) atoms. The Kier molecular flexibility index (Phi) is 7.55. The van der Waals surface area contributed by atoms with Gasteiger partial charge in [0.15, 0.2) is 0 Å². The second-order valence-electron chi connectivity index (χ2n) is 18.9. The van der Waals surface area contributed by atoms with Crippen molar-refractivity contribution in [1.29, 1.82) is 0 Å². The van der Waals surface area contributed by atoms with E-state index in [9.17, 15) is 0 Å². The van der Waals surface area contributed by atoms with E-state index in [2.05, 4.69) is 216 Å². The van der Waals surface area contributed by atoms with Crippen LogP contribution in [-0.4, -0.2) is 4.57 Å². The number of anilines is 3. The van der Waals surface area contributed by atoms with E-state index in [-0.39, 0.29) is 5.41 Å². The van der Waals surface area contributed by atoms with Crippen molar-refractivity contribution < 1.29 is 0 Å². The van der Waals surface area contributed by atoms with E-state index in [0.29, 0.717) is 0 Å². The standard InChI is InChI=1S/C61H46N2/c1-2-12-40(13-3-1)42-22-26-48(27-23-42)62(49-28-24-41-14-4-5-15-43(41)34-49)50-35-45(36-51(38-50)63-59-20-10-7-17-54(59)55-18-8-11-21-60(55)63)44-25-29-53-52-16-6-9-19-56(52)61(58(53)37-44)47-31-39-30-46(33-47)57(61)32-39/h1-29,34-39,46-47,57H,30-33H2. The Hall–Kier alpha value is -7.16. The van der Waals surface area contributed by atoms with Crippen LogP contribution in [0.4, 0.5) is 17.1 Å². The first-order valence-corrected chi connectivity index (χ1v) is 23.0. The van der Waals surface area contributed by atoms with Crippen molar-refractivity contribution in [3.63, 3.8) is 0 Å². The highest BCUT2D eigenvalue weighted by Crippen LogP contribution is 2.73. The predicted octanol–water partition coefficient (Wildman–Crippen LogP) is 16.1. The second-order valence-corrected chi connectivity index (χ2v) is 18.9. The van der Waals surface area contributed by atoms with E-state index in [1.165, 1.54) is 91.6 Å². The molecule has 0 radical (unpaired) electrons. The van der Waals surface area contributed by atoms with Gasteiger partial charge in [-0.3, -0.25) is 0 Å². The summed E-state index contributed by atoms with van der Waals surface area (Å²) >= 11 is 0. The lowest BCUT2D eigenvalue weighted by molar-refractivity contribution is 0.191. The first-order valence-electron chi connectivity index (χ1n) is 23.0. The van der Waals surface area contributed by atoms with Crippen LogP contribution in [0.1, 0.15) is 36.8 Å². The maximum atomic E-state index is 2.65. The normalized spacial score (nSPS) is 21.5. The maximum Gasteiger partial charge on any atom is 0.0541 e. The zero-order valence-electron chi connectivity index (χ0n) is 35.2. The van der Waals surface area contributed by atoms with Gasteiger partial charge in [-0.1, -0.05) is 146 Å². The minimum Gasteiger partial charge on any atom is -0.310 e. The van der Waals surface area contributed by atoms with Gasteiger partial charge < -0.3 is 9.47 Å². The molecule has 5 aliphatic carbocycles. The maximum absolute atomic E-state index is 2.65. The van der Waals surface area contributed by atoms with Gasteiger partial charge in [0.2, 0.25) is 0 Å². The van der Waals surface area contributed by atoms with Gasteiger partial charge in [0.05, 0.1) is 11.0 Å². The Morgan fingerprint density at radius 3 is 1.89 bits per heavy atom. The second kappa shape index (κ2) is 13.4. The average molecular weight is 807 g/mol. The highest BCUT2D eigenvalue weighted by molar-refractivity contribution is 6.09. The molecule has 0 N–H and O–H groups in total. The summed E-state index contributed by atoms with van der Waals surface area (Å²) in [6, 6.07) is 77.6. The largest absolute Gasteiger partial charge is 0.310 e. The van der Waals surface area contributed by atoms with Crippen LogP contribution in [0, 0.1) is 23.7 Å². The Balaban J connectivity index is 1.02. The van der Waals surface area contributed by atoms with Crippen molar-refractivity contribution in [3.05, 3.63) is 217 Å². The lowest BCUT2D eigenvalue weighted by atomic mass is 9.59. The van der Waals surface area contributed by atoms with Crippen molar-refractivity contribution in [3.8, 4) is 39.1 Å². The molecule has 0 aliphatic heterocycles. The van der Waals surface area contributed by atoms with E-state index in [1.807, 2.05) is 0 Å². The molecule has 5 unspecified atom stereocenters. The molecule has 10 aromatic rings. The molecule has 300 valence electrons. The number of benzene rings is 9. The fourth-order valence-corrected chi connectivity index (χ4v) is 13.6. The number of rotatable bonds is 6. The van der Waals surface area contributed by atoms with Gasteiger partial charge in [-0.15, -0.1) is 0 Å². The van der Waals surface area contributed by atoms with Crippen molar-refractivity contribution in [1.82, 2.24) is 4.57 Å². The van der Waals surface area contributed by atoms with Gasteiger partial charge in [-0.05, 0) is 165 Å². The molecule has 2 nitrogen and oxygen atoms in total. The molecule has 1 spiro atoms. The number of nitrogens with zero attached hydrogens (tertiary/aromatic N) is 2. The van der Waals surface area contributed by atoms with Crippen LogP contribution in [0.5, 0.6) is 0 Å². The summed E-state index contributed by atoms with van der Waals surface area (Å²) in [6.45, 7) is 0. The zero-order chi connectivity index (χ0) is 41.2. The highest BCUT2D eigenvalue weighted by atomic mass is 15.1. The molecule has 1 aromatic heterocycles. The highest BCUT2D eigenvalue weighted by Gasteiger charge is 2.65. The van der Waals surface area contributed by atoms with Gasteiger partial charge >= 0.3 is 0 Å². The Morgan fingerprint density at radius 1 is 0.413 bits per heavy atom. The molecule has 1 heterocycles. The Bertz CT molecular complexity index is 3390. The predicted molar refractivity (Wildman–Crippen MR) is 262 cm³/mol. The third-order valence-corrected chi connectivity index (χ3v) is 15.9. The SMILES string of the molecule is c1ccc(-c2ccc(N(c3cc(-c4ccc5c(c4)C4(c6ccccc6-5)C5CC6CC(C5)C4C6)cc(-n4c5ccccc5c5ccccc54)c3)c3ccc4ccccc4c3)cc2)cc1. The van der Waals surface area contributed by atoms with E-state index in [0.717, 1.165) is 46.4 Å². The number of fused-ring (bicyclic) bond motifs is 7. The summed E-state index contributed by atoms with van der Waals surface area (Å²) in [6.07, 6.45) is 5.58. The lowest BCUT2D eigenvalue weighted by Crippen LogP contribution is -2.40. The van der Waals surface area contributed by atoms with Crippen molar-refractivity contribution in [2.24, 2.45) is 23.7 Å². The summed E-state index contributed by atoms with van der Waals surface area (Å²) in [4.78, 5) is 2.47. The molecule has 5 atom stereocenters. The minimum atomic E-state index is 0.116. The summed E-state index contributed by atoms with van der Waals surface area (Å²) in [5, 5.41) is 5.00. The summed E-state index contributed by atoms with van der Waals surface area (Å²) < 4.78 is 2.49. The van der Waals surface area contributed by atoms with E-state index < -0.39 is 0 Å². The van der Waals surface area contributed by atoms with Crippen LogP contribution in [0.25, 0.3) is 71.6 Å². The molecular formula is C61H46N2.